The van der Waals surface area contributed by atoms with Gasteiger partial charge in [0, 0.05) is 0 Å². The molecule has 2 heteroatoms. The summed E-state index contributed by atoms with van der Waals surface area (Å²) < 4.78 is 0. The fourth-order valence-electron chi connectivity index (χ4n) is 1.77. The Hall–Kier alpha value is -2.22. The molecule has 0 unspecified atom stereocenters. The van der Waals surface area contributed by atoms with E-state index in [1.165, 1.54) is 5.56 Å². The molecule has 2 aromatic rings. The molecule has 0 aliphatic carbocycles. The van der Waals surface area contributed by atoms with Crippen LogP contribution >= 0.6 is 0 Å². The van der Waals surface area contributed by atoms with Gasteiger partial charge in [0.15, 0.2) is 0 Å². The van der Waals surface area contributed by atoms with Gasteiger partial charge in [0.05, 0.1) is 22.8 Å². The summed E-state index contributed by atoms with van der Waals surface area (Å²) in [5.74, 6) is 0. The van der Waals surface area contributed by atoms with Crippen molar-refractivity contribution in [3.8, 4) is 0 Å². The molecule has 2 nitrogen and oxygen atoms in total. The minimum absolute atomic E-state index is 0.931. The monoisotopic (exact) mass is 250 g/mol. The third-order valence-corrected chi connectivity index (χ3v) is 2.97. The SMILES string of the molecule is Cc1nc(C)c(C=CC=Cc2ccccc2)nc1C. The molecule has 19 heavy (non-hydrogen) atoms. The van der Waals surface area contributed by atoms with Gasteiger partial charge < -0.3 is 0 Å². The molecule has 0 amide bonds. The highest BCUT2D eigenvalue weighted by Gasteiger charge is 2.01. The first-order valence-electron chi connectivity index (χ1n) is 6.38. The molecular weight excluding hydrogens is 232 g/mol. The summed E-state index contributed by atoms with van der Waals surface area (Å²) in [6, 6.07) is 10.2. The molecule has 0 radical (unpaired) electrons. The Morgan fingerprint density at radius 3 is 2.11 bits per heavy atom. The number of hydrogen-bond donors (Lipinski definition) is 0. The van der Waals surface area contributed by atoms with Crippen molar-refractivity contribution >= 4 is 12.2 Å². The maximum atomic E-state index is 4.53. The van der Waals surface area contributed by atoms with E-state index in [1.807, 2.05) is 57.2 Å². The van der Waals surface area contributed by atoms with Crippen LogP contribution in [0.25, 0.3) is 12.2 Å². The number of aromatic nitrogens is 2. The van der Waals surface area contributed by atoms with Crippen molar-refractivity contribution in [3.63, 3.8) is 0 Å². The highest BCUT2D eigenvalue weighted by atomic mass is 14.8. The van der Waals surface area contributed by atoms with Gasteiger partial charge in [-0.1, -0.05) is 48.6 Å². The highest BCUT2D eigenvalue weighted by Crippen LogP contribution is 2.09. The van der Waals surface area contributed by atoms with Gasteiger partial charge in [0.2, 0.25) is 0 Å². The maximum Gasteiger partial charge on any atom is 0.0845 e. The Morgan fingerprint density at radius 1 is 0.737 bits per heavy atom. The van der Waals surface area contributed by atoms with Crippen LogP contribution in [0.3, 0.4) is 0 Å². The minimum Gasteiger partial charge on any atom is -0.254 e. The van der Waals surface area contributed by atoms with E-state index in [2.05, 4.69) is 28.2 Å². The first kappa shape index (κ1) is 13.2. The summed E-state index contributed by atoms with van der Waals surface area (Å²) in [5.41, 5.74) is 5.06. The Kier molecular flexibility index (Phi) is 4.24. The summed E-state index contributed by atoms with van der Waals surface area (Å²) in [7, 11) is 0. The van der Waals surface area contributed by atoms with E-state index in [-0.39, 0.29) is 0 Å². The van der Waals surface area contributed by atoms with E-state index in [9.17, 15) is 0 Å². The molecule has 0 N–H and O–H groups in total. The summed E-state index contributed by atoms with van der Waals surface area (Å²) in [5, 5.41) is 0. The lowest BCUT2D eigenvalue weighted by Crippen LogP contribution is -1.98. The number of rotatable bonds is 3. The summed E-state index contributed by atoms with van der Waals surface area (Å²) in [4.78, 5) is 9.01. The molecule has 0 fully saturated rings. The van der Waals surface area contributed by atoms with E-state index in [0.717, 1.165) is 22.8 Å². The fourth-order valence-corrected chi connectivity index (χ4v) is 1.77. The van der Waals surface area contributed by atoms with Gasteiger partial charge in [-0.2, -0.15) is 0 Å². The number of benzene rings is 1. The molecule has 0 aliphatic rings. The Bertz CT molecular complexity index is 611. The van der Waals surface area contributed by atoms with Crippen molar-refractivity contribution in [2.45, 2.75) is 20.8 Å². The van der Waals surface area contributed by atoms with Gasteiger partial charge in [-0.3, -0.25) is 4.98 Å². The third-order valence-electron chi connectivity index (χ3n) is 2.97. The second kappa shape index (κ2) is 6.10. The standard InChI is InChI=1S/C17H18N2/c1-13-14(2)19-17(15(3)18-13)12-8-7-11-16-9-5-4-6-10-16/h4-12H,1-3H3. The number of allylic oxidation sites excluding steroid dienone is 2. The van der Waals surface area contributed by atoms with E-state index >= 15 is 0 Å². The molecule has 0 saturated carbocycles. The van der Waals surface area contributed by atoms with Crippen LogP contribution in [0.5, 0.6) is 0 Å². The molecule has 0 saturated heterocycles. The van der Waals surface area contributed by atoms with E-state index in [4.69, 9.17) is 0 Å². The lowest BCUT2D eigenvalue weighted by Gasteiger charge is -2.03. The molecule has 96 valence electrons. The van der Waals surface area contributed by atoms with Crippen molar-refractivity contribution in [1.82, 2.24) is 9.97 Å². The molecule has 0 atom stereocenters. The van der Waals surface area contributed by atoms with Crippen LogP contribution in [0.2, 0.25) is 0 Å². The van der Waals surface area contributed by atoms with E-state index in [0.29, 0.717) is 0 Å². The van der Waals surface area contributed by atoms with Crippen molar-refractivity contribution < 1.29 is 0 Å². The first-order chi connectivity index (χ1) is 9.16. The summed E-state index contributed by atoms with van der Waals surface area (Å²) in [6.07, 6.45) is 8.08. The van der Waals surface area contributed by atoms with Crippen LogP contribution in [0.1, 0.15) is 28.3 Å². The number of aryl methyl sites for hydroxylation is 3. The van der Waals surface area contributed by atoms with Gasteiger partial charge in [-0.05, 0) is 32.4 Å². The van der Waals surface area contributed by atoms with E-state index in [1.54, 1.807) is 0 Å². The smallest absolute Gasteiger partial charge is 0.0845 e. The van der Waals surface area contributed by atoms with Gasteiger partial charge in [-0.15, -0.1) is 0 Å². The normalized spacial score (nSPS) is 11.5. The second-order valence-electron chi connectivity index (χ2n) is 4.49. The molecule has 0 spiro atoms. The molecular formula is C17H18N2. The van der Waals surface area contributed by atoms with Crippen molar-refractivity contribution in [3.05, 3.63) is 70.8 Å². The lowest BCUT2D eigenvalue weighted by atomic mass is 10.2. The molecule has 1 aromatic heterocycles. The van der Waals surface area contributed by atoms with Crippen LogP contribution in [0.15, 0.2) is 42.5 Å². The highest BCUT2D eigenvalue weighted by molar-refractivity contribution is 5.56. The molecule has 1 heterocycles. The largest absolute Gasteiger partial charge is 0.254 e. The average molecular weight is 250 g/mol. The average Bonchev–Trinajstić information content (AvgIpc) is 2.41. The molecule has 1 aromatic carbocycles. The zero-order valence-corrected chi connectivity index (χ0v) is 11.6. The fraction of sp³-hybridized carbons (Fsp3) is 0.176. The predicted molar refractivity (Wildman–Crippen MR) is 80.8 cm³/mol. The van der Waals surface area contributed by atoms with Crippen LogP contribution in [-0.4, -0.2) is 9.97 Å². The summed E-state index contributed by atoms with van der Waals surface area (Å²) >= 11 is 0. The Balaban J connectivity index is 2.11. The molecule has 0 aliphatic heterocycles. The summed E-state index contributed by atoms with van der Waals surface area (Å²) in [6.45, 7) is 5.96. The third kappa shape index (κ3) is 3.62. The zero-order chi connectivity index (χ0) is 13.7. The number of hydrogen-bond acceptors (Lipinski definition) is 2. The molecule has 2 rings (SSSR count). The van der Waals surface area contributed by atoms with Gasteiger partial charge >= 0.3 is 0 Å². The quantitative estimate of drug-likeness (QED) is 0.765. The zero-order valence-electron chi connectivity index (χ0n) is 11.6. The van der Waals surface area contributed by atoms with Gasteiger partial charge in [-0.25, -0.2) is 4.98 Å². The topological polar surface area (TPSA) is 25.8 Å². The van der Waals surface area contributed by atoms with Crippen molar-refractivity contribution in [1.29, 1.82) is 0 Å². The number of nitrogens with zero attached hydrogens (tertiary/aromatic N) is 2. The van der Waals surface area contributed by atoms with Crippen LogP contribution < -0.4 is 0 Å². The van der Waals surface area contributed by atoms with Crippen LogP contribution in [0, 0.1) is 20.8 Å². The van der Waals surface area contributed by atoms with Crippen LogP contribution in [0.4, 0.5) is 0 Å². The predicted octanol–water partition coefficient (Wildman–Crippen LogP) is 4.13. The Labute approximate surface area is 114 Å². The van der Waals surface area contributed by atoms with E-state index < -0.39 is 0 Å². The van der Waals surface area contributed by atoms with Gasteiger partial charge in [0.25, 0.3) is 0 Å². The minimum atomic E-state index is 0.931. The van der Waals surface area contributed by atoms with Crippen molar-refractivity contribution in [2.24, 2.45) is 0 Å². The van der Waals surface area contributed by atoms with Crippen molar-refractivity contribution in [2.75, 3.05) is 0 Å². The maximum absolute atomic E-state index is 4.53. The molecule has 0 bridgehead atoms. The first-order valence-corrected chi connectivity index (χ1v) is 6.38. The van der Waals surface area contributed by atoms with Gasteiger partial charge in [0.1, 0.15) is 0 Å². The van der Waals surface area contributed by atoms with Crippen LogP contribution in [-0.2, 0) is 0 Å². The Morgan fingerprint density at radius 2 is 1.37 bits per heavy atom. The lowest BCUT2D eigenvalue weighted by molar-refractivity contribution is 0.991. The second-order valence-corrected chi connectivity index (χ2v) is 4.49.